The summed E-state index contributed by atoms with van der Waals surface area (Å²) in [5.41, 5.74) is 5.65. The number of carbonyl (C=O) groups is 1. The first kappa shape index (κ1) is 12.5. The second kappa shape index (κ2) is 3.89. The zero-order chi connectivity index (χ0) is 14.8. The number of hydrogen-bond donors (Lipinski definition) is 4. The summed E-state index contributed by atoms with van der Waals surface area (Å²) in [4.78, 5) is 24.2. The maximum Gasteiger partial charge on any atom is 0.231 e. The van der Waals surface area contributed by atoms with Crippen molar-refractivity contribution in [3.8, 4) is 0 Å². The van der Waals surface area contributed by atoms with Gasteiger partial charge in [0.05, 0.1) is 31.1 Å². The number of fused-ring (bicyclic) bond motifs is 3. The number of nitrogens with one attached hydrogen (secondary N) is 1. The summed E-state index contributed by atoms with van der Waals surface area (Å²) >= 11 is 0. The molecule has 1 aliphatic heterocycles. The summed E-state index contributed by atoms with van der Waals surface area (Å²) in [5.74, 6) is -0.0272. The molecular formula is C12H14N6O3. The lowest BCUT2D eigenvalue weighted by atomic mass is 9.85. The summed E-state index contributed by atoms with van der Waals surface area (Å²) in [5, 5.41) is 22.6. The third-order valence-corrected chi connectivity index (χ3v) is 4.67. The van der Waals surface area contributed by atoms with Gasteiger partial charge in [-0.25, -0.2) is 15.0 Å². The third-order valence-electron chi connectivity index (χ3n) is 4.67. The fourth-order valence-electron chi connectivity index (χ4n) is 3.49. The van der Waals surface area contributed by atoms with Crippen LogP contribution in [0.15, 0.2) is 12.7 Å². The van der Waals surface area contributed by atoms with Gasteiger partial charge in [0.1, 0.15) is 17.3 Å². The smallest absolute Gasteiger partial charge is 0.231 e. The van der Waals surface area contributed by atoms with Gasteiger partial charge in [0.25, 0.3) is 0 Å². The van der Waals surface area contributed by atoms with Gasteiger partial charge < -0.3 is 25.8 Å². The summed E-state index contributed by atoms with van der Waals surface area (Å²) < 4.78 is 1.78. The average molecular weight is 290 g/mol. The molecule has 1 amide bonds. The van der Waals surface area contributed by atoms with Gasteiger partial charge in [0, 0.05) is 0 Å². The van der Waals surface area contributed by atoms with Crippen molar-refractivity contribution >= 4 is 22.9 Å². The molecule has 5 N–H and O–H groups in total. The lowest BCUT2D eigenvalue weighted by Crippen LogP contribution is -2.43. The number of anilines is 1. The number of amides is 1. The molecule has 2 bridgehead atoms. The second-order valence-electron chi connectivity index (χ2n) is 5.61. The first-order valence-electron chi connectivity index (χ1n) is 6.61. The lowest BCUT2D eigenvalue weighted by Gasteiger charge is -2.28. The van der Waals surface area contributed by atoms with Crippen LogP contribution in [0.2, 0.25) is 0 Å². The monoisotopic (exact) mass is 290 g/mol. The van der Waals surface area contributed by atoms with Gasteiger partial charge in [0.2, 0.25) is 5.91 Å². The van der Waals surface area contributed by atoms with Gasteiger partial charge in [0.15, 0.2) is 11.5 Å². The Balaban J connectivity index is 1.82. The summed E-state index contributed by atoms with van der Waals surface area (Å²) in [7, 11) is 0. The molecule has 1 unspecified atom stereocenters. The van der Waals surface area contributed by atoms with Crippen LogP contribution in [-0.2, 0) is 4.79 Å². The van der Waals surface area contributed by atoms with Gasteiger partial charge in [-0.1, -0.05) is 0 Å². The van der Waals surface area contributed by atoms with Crippen LogP contribution in [0.1, 0.15) is 12.5 Å². The molecule has 2 fully saturated rings. The van der Waals surface area contributed by atoms with Crippen molar-refractivity contribution < 1.29 is 15.0 Å². The lowest BCUT2D eigenvalue weighted by molar-refractivity contribution is -0.134. The zero-order valence-electron chi connectivity index (χ0n) is 11.0. The predicted molar refractivity (Wildman–Crippen MR) is 70.8 cm³/mol. The number of nitrogens with two attached hydrogens (primary N) is 1. The standard InChI is InChI=1S/C12H14N6O3/c13-9-7-10(15-3-14-9)18(4-16-7)5-1-12(2-19)8(20)6(5)17-11(12)21/h3-6,8,19-20H,1-2H2,(H,17,21)(H2,13,14,15)/t5-,6?,8-,12+/m1/s1. The van der Waals surface area contributed by atoms with Gasteiger partial charge in [-0.05, 0) is 6.42 Å². The first-order chi connectivity index (χ1) is 10.1. The number of piperidine rings is 1. The molecule has 3 heterocycles. The minimum atomic E-state index is -1.15. The molecule has 0 radical (unpaired) electrons. The van der Waals surface area contributed by atoms with E-state index in [2.05, 4.69) is 20.3 Å². The molecule has 9 heteroatoms. The van der Waals surface area contributed by atoms with Crippen LogP contribution in [0.4, 0.5) is 5.82 Å². The number of aromatic nitrogens is 4. The van der Waals surface area contributed by atoms with E-state index in [0.29, 0.717) is 17.6 Å². The second-order valence-corrected chi connectivity index (χ2v) is 5.61. The zero-order valence-corrected chi connectivity index (χ0v) is 11.0. The van der Waals surface area contributed by atoms with Crippen molar-refractivity contribution in [1.29, 1.82) is 0 Å². The summed E-state index contributed by atoms with van der Waals surface area (Å²) in [6, 6.07) is -0.706. The fourth-order valence-corrected chi connectivity index (χ4v) is 3.49. The molecule has 110 valence electrons. The van der Waals surface area contributed by atoms with Crippen molar-refractivity contribution in [3.63, 3.8) is 0 Å². The summed E-state index contributed by atoms with van der Waals surface area (Å²) in [6.45, 7) is -0.392. The van der Waals surface area contributed by atoms with Gasteiger partial charge in [-0.3, -0.25) is 4.79 Å². The van der Waals surface area contributed by atoms with E-state index in [4.69, 9.17) is 5.73 Å². The first-order valence-corrected chi connectivity index (χ1v) is 6.61. The normalized spacial score (nSPS) is 34.6. The van der Waals surface area contributed by atoms with Crippen LogP contribution < -0.4 is 11.1 Å². The molecule has 0 spiro atoms. The number of nitrogens with zero attached hydrogens (tertiary/aromatic N) is 4. The van der Waals surface area contributed by atoms with Crippen molar-refractivity contribution in [3.05, 3.63) is 12.7 Å². The Hall–Kier alpha value is -2.26. The van der Waals surface area contributed by atoms with E-state index < -0.39 is 24.2 Å². The highest BCUT2D eigenvalue weighted by atomic mass is 16.3. The number of imidazole rings is 1. The molecule has 1 aliphatic carbocycles. The Morgan fingerprint density at radius 1 is 1.48 bits per heavy atom. The van der Waals surface area contributed by atoms with Crippen molar-refractivity contribution in [2.75, 3.05) is 12.3 Å². The third kappa shape index (κ3) is 1.37. The maximum absolute atomic E-state index is 11.9. The van der Waals surface area contributed by atoms with E-state index in [1.165, 1.54) is 6.33 Å². The Morgan fingerprint density at radius 3 is 3.00 bits per heavy atom. The molecule has 1 saturated carbocycles. The minimum absolute atomic E-state index is 0.232. The predicted octanol–water partition coefficient (Wildman–Crippen LogP) is -1.81. The highest BCUT2D eigenvalue weighted by molar-refractivity contribution is 5.88. The number of aliphatic hydroxyl groups excluding tert-OH is 2. The van der Waals surface area contributed by atoms with Crippen molar-refractivity contribution in [2.45, 2.75) is 24.6 Å². The number of aliphatic hydroxyl groups is 2. The number of carbonyl (C=O) groups excluding carboxylic acids is 1. The van der Waals surface area contributed by atoms with Crippen molar-refractivity contribution in [2.24, 2.45) is 5.41 Å². The SMILES string of the molecule is Nc1ncnc2c1ncn2[C@@H]1C[C@@]2(CO)C(=O)NC1[C@H]2O. The van der Waals surface area contributed by atoms with Gasteiger partial charge in [-0.15, -0.1) is 0 Å². The minimum Gasteiger partial charge on any atom is -0.395 e. The van der Waals surface area contributed by atoms with E-state index in [-0.39, 0.29) is 17.8 Å². The number of hydrogen-bond acceptors (Lipinski definition) is 7. The Morgan fingerprint density at radius 2 is 2.29 bits per heavy atom. The van der Waals surface area contributed by atoms with E-state index in [1.807, 2.05) is 0 Å². The van der Waals surface area contributed by atoms with Crippen LogP contribution in [0, 0.1) is 5.41 Å². The van der Waals surface area contributed by atoms with E-state index in [9.17, 15) is 15.0 Å². The topological polar surface area (TPSA) is 139 Å². The Kier molecular flexibility index (Phi) is 2.31. The molecule has 0 aromatic carbocycles. The van der Waals surface area contributed by atoms with E-state index in [0.717, 1.165) is 0 Å². The Bertz CT molecular complexity index is 746. The maximum atomic E-state index is 11.9. The van der Waals surface area contributed by atoms with Gasteiger partial charge in [-0.2, -0.15) is 0 Å². The quantitative estimate of drug-likeness (QED) is 0.511. The molecule has 2 aliphatic rings. The molecule has 4 rings (SSSR count). The number of rotatable bonds is 2. The van der Waals surface area contributed by atoms with Crippen LogP contribution in [0.5, 0.6) is 0 Å². The largest absolute Gasteiger partial charge is 0.395 e. The van der Waals surface area contributed by atoms with E-state index >= 15 is 0 Å². The molecule has 1 saturated heterocycles. The molecule has 4 atom stereocenters. The van der Waals surface area contributed by atoms with E-state index in [1.54, 1.807) is 10.9 Å². The summed E-state index contributed by atoms with van der Waals surface area (Å²) in [6.07, 6.45) is 2.32. The molecular weight excluding hydrogens is 276 g/mol. The highest BCUT2D eigenvalue weighted by Crippen LogP contribution is 2.49. The van der Waals surface area contributed by atoms with Crippen LogP contribution in [-0.4, -0.2) is 54.4 Å². The Labute approximate surface area is 118 Å². The van der Waals surface area contributed by atoms with Crippen molar-refractivity contribution in [1.82, 2.24) is 24.8 Å². The molecule has 9 nitrogen and oxygen atoms in total. The van der Waals surface area contributed by atoms with Crippen LogP contribution in [0.3, 0.4) is 0 Å². The van der Waals surface area contributed by atoms with Crippen LogP contribution in [0.25, 0.3) is 11.2 Å². The molecule has 2 aromatic rings. The number of nitrogen functional groups attached to an aromatic ring is 1. The fraction of sp³-hybridized carbons (Fsp3) is 0.500. The highest BCUT2D eigenvalue weighted by Gasteiger charge is 2.64. The molecule has 2 aromatic heterocycles. The average Bonchev–Trinajstić information content (AvgIpc) is 3.09. The van der Waals surface area contributed by atoms with Crippen LogP contribution >= 0.6 is 0 Å². The molecule has 21 heavy (non-hydrogen) atoms. The van der Waals surface area contributed by atoms with Gasteiger partial charge >= 0.3 is 0 Å².